The molecule has 1 saturated heterocycles. The Labute approximate surface area is 145 Å². The molecule has 1 amide bonds. The summed E-state index contributed by atoms with van der Waals surface area (Å²) >= 11 is 0. The van der Waals surface area contributed by atoms with Crippen molar-refractivity contribution in [2.75, 3.05) is 11.4 Å². The van der Waals surface area contributed by atoms with E-state index in [-0.39, 0.29) is 12.5 Å². The second-order valence-corrected chi connectivity index (χ2v) is 5.94. The fourth-order valence-electron chi connectivity index (χ4n) is 2.72. The summed E-state index contributed by atoms with van der Waals surface area (Å²) in [4.78, 5) is 25.7. The third-order valence-corrected chi connectivity index (χ3v) is 4.15. The summed E-state index contributed by atoms with van der Waals surface area (Å²) in [5.41, 5.74) is 1.24. The molecular weight excluding hydrogens is 322 g/mol. The molecule has 0 N–H and O–H groups in total. The molecule has 25 heavy (non-hydrogen) atoms. The van der Waals surface area contributed by atoms with Gasteiger partial charge >= 0.3 is 5.97 Å². The Morgan fingerprint density at radius 3 is 2.76 bits per heavy atom. The van der Waals surface area contributed by atoms with Crippen molar-refractivity contribution < 1.29 is 14.3 Å². The van der Waals surface area contributed by atoms with E-state index in [1.54, 1.807) is 33.8 Å². The average Bonchev–Trinajstić information content (AvgIpc) is 3.26. The summed E-state index contributed by atoms with van der Waals surface area (Å²) in [5.74, 6) is 0.208. The second kappa shape index (κ2) is 7.87. The van der Waals surface area contributed by atoms with Gasteiger partial charge < -0.3 is 9.64 Å². The highest BCUT2D eigenvalue weighted by molar-refractivity contribution is 5.96. The highest BCUT2D eigenvalue weighted by Gasteiger charge is 2.21. The summed E-state index contributed by atoms with van der Waals surface area (Å²) in [6, 6.07) is 6.88. The van der Waals surface area contributed by atoms with Crippen molar-refractivity contribution in [3.8, 4) is 0 Å². The van der Waals surface area contributed by atoms with Gasteiger partial charge in [-0.15, -0.1) is 5.10 Å². The first kappa shape index (κ1) is 17.1. The molecule has 0 aliphatic carbocycles. The van der Waals surface area contributed by atoms with Gasteiger partial charge in [-0.2, -0.15) is 0 Å². The molecule has 1 aromatic carbocycles. The SMILES string of the molecule is CCCCn1nnnc1COC(=O)c1ccc(N2CCCC2=O)cc1. The standard InChI is InChI=1S/C17H21N5O3/c1-2-3-11-22-15(18-19-20-22)12-25-17(24)13-6-8-14(9-7-13)21-10-4-5-16(21)23/h6-9H,2-5,10-12H2,1H3. The van der Waals surface area contributed by atoms with E-state index in [1.165, 1.54) is 0 Å². The quantitative estimate of drug-likeness (QED) is 0.714. The number of unbranched alkanes of at least 4 members (excludes halogenated alkanes) is 1. The Kier molecular flexibility index (Phi) is 5.37. The van der Waals surface area contributed by atoms with Gasteiger partial charge in [-0.3, -0.25) is 4.79 Å². The molecule has 0 saturated carbocycles. The highest BCUT2D eigenvalue weighted by atomic mass is 16.5. The zero-order valence-electron chi connectivity index (χ0n) is 14.2. The van der Waals surface area contributed by atoms with Gasteiger partial charge in [-0.25, -0.2) is 9.48 Å². The van der Waals surface area contributed by atoms with E-state index >= 15 is 0 Å². The fraction of sp³-hybridized carbons (Fsp3) is 0.471. The molecule has 3 rings (SSSR count). The van der Waals surface area contributed by atoms with Crippen molar-refractivity contribution in [1.29, 1.82) is 0 Å². The molecule has 132 valence electrons. The summed E-state index contributed by atoms with van der Waals surface area (Å²) in [6.07, 6.45) is 3.44. The number of benzene rings is 1. The predicted molar refractivity (Wildman–Crippen MR) is 89.9 cm³/mol. The van der Waals surface area contributed by atoms with E-state index in [2.05, 4.69) is 22.4 Å². The van der Waals surface area contributed by atoms with E-state index in [1.807, 2.05) is 0 Å². The Hall–Kier alpha value is -2.77. The number of esters is 1. The number of hydrogen-bond donors (Lipinski definition) is 0. The average molecular weight is 343 g/mol. The first-order valence-electron chi connectivity index (χ1n) is 8.51. The summed E-state index contributed by atoms with van der Waals surface area (Å²) in [6.45, 7) is 3.54. The van der Waals surface area contributed by atoms with Crippen LogP contribution in [0.3, 0.4) is 0 Å². The number of carbonyl (C=O) groups excluding carboxylic acids is 2. The highest BCUT2D eigenvalue weighted by Crippen LogP contribution is 2.21. The monoisotopic (exact) mass is 343 g/mol. The van der Waals surface area contributed by atoms with Crippen LogP contribution in [0.5, 0.6) is 0 Å². The number of aromatic nitrogens is 4. The van der Waals surface area contributed by atoms with Crippen LogP contribution in [-0.2, 0) is 22.7 Å². The van der Waals surface area contributed by atoms with E-state index < -0.39 is 5.97 Å². The van der Waals surface area contributed by atoms with Crippen molar-refractivity contribution in [1.82, 2.24) is 20.2 Å². The van der Waals surface area contributed by atoms with Crippen LogP contribution in [-0.4, -0.2) is 38.6 Å². The first-order valence-corrected chi connectivity index (χ1v) is 8.51. The lowest BCUT2D eigenvalue weighted by molar-refractivity contribution is -0.117. The van der Waals surface area contributed by atoms with Gasteiger partial charge in [0.25, 0.3) is 0 Å². The molecule has 1 fully saturated rings. The topological polar surface area (TPSA) is 90.2 Å². The van der Waals surface area contributed by atoms with Gasteiger partial charge in [0.15, 0.2) is 12.4 Å². The minimum absolute atomic E-state index is 0.0297. The predicted octanol–water partition coefficient (Wildman–Crippen LogP) is 1.96. The van der Waals surface area contributed by atoms with E-state index in [4.69, 9.17) is 4.74 Å². The minimum Gasteiger partial charge on any atom is -0.454 e. The second-order valence-electron chi connectivity index (χ2n) is 5.94. The molecule has 2 aromatic rings. The Morgan fingerprint density at radius 2 is 2.08 bits per heavy atom. The van der Waals surface area contributed by atoms with Gasteiger partial charge in [-0.05, 0) is 47.5 Å². The van der Waals surface area contributed by atoms with Crippen molar-refractivity contribution in [3.63, 3.8) is 0 Å². The van der Waals surface area contributed by atoms with Crippen LogP contribution in [0, 0.1) is 0 Å². The molecule has 0 atom stereocenters. The van der Waals surface area contributed by atoms with Gasteiger partial charge in [0.2, 0.25) is 5.91 Å². The number of nitrogens with zero attached hydrogens (tertiary/aromatic N) is 5. The maximum atomic E-state index is 12.2. The van der Waals surface area contributed by atoms with Crippen LogP contribution in [0.1, 0.15) is 48.8 Å². The maximum Gasteiger partial charge on any atom is 0.338 e. The Morgan fingerprint density at radius 1 is 1.28 bits per heavy atom. The molecule has 2 heterocycles. The molecule has 0 spiro atoms. The van der Waals surface area contributed by atoms with Crippen LogP contribution in [0.25, 0.3) is 0 Å². The molecule has 8 nitrogen and oxygen atoms in total. The van der Waals surface area contributed by atoms with Crippen LogP contribution < -0.4 is 4.90 Å². The van der Waals surface area contributed by atoms with Crippen LogP contribution in [0.15, 0.2) is 24.3 Å². The number of aryl methyl sites for hydroxylation is 1. The lowest BCUT2D eigenvalue weighted by Crippen LogP contribution is -2.23. The van der Waals surface area contributed by atoms with E-state index in [9.17, 15) is 9.59 Å². The molecular formula is C17H21N5O3. The summed E-state index contributed by atoms with van der Waals surface area (Å²) in [7, 11) is 0. The number of amides is 1. The molecule has 0 radical (unpaired) electrons. The van der Waals surface area contributed by atoms with Crippen LogP contribution >= 0.6 is 0 Å². The normalized spacial score (nSPS) is 14.1. The first-order chi connectivity index (χ1) is 12.2. The summed E-state index contributed by atoms with van der Waals surface area (Å²) < 4.78 is 6.95. The third-order valence-electron chi connectivity index (χ3n) is 4.15. The largest absolute Gasteiger partial charge is 0.454 e. The molecule has 1 aliphatic heterocycles. The van der Waals surface area contributed by atoms with Gasteiger partial charge in [0.05, 0.1) is 5.56 Å². The number of ether oxygens (including phenoxy) is 1. The Bertz CT molecular complexity index is 741. The molecule has 0 bridgehead atoms. The van der Waals surface area contributed by atoms with E-state index in [0.717, 1.165) is 31.5 Å². The minimum atomic E-state index is -0.440. The molecule has 1 aliphatic rings. The van der Waals surface area contributed by atoms with Crippen molar-refractivity contribution in [3.05, 3.63) is 35.7 Å². The smallest absolute Gasteiger partial charge is 0.338 e. The van der Waals surface area contributed by atoms with Crippen LogP contribution in [0.4, 0.5) is 5.69 Å². The number of hydrogen-bond acceptors (Lipinski definition) is 6. The number of anilines is 1. The van der Waals surface area contributed by atoms with E-state index in [0.29, 0.717) is 24.4 Å². The zero-order chi connectivity index (χ0) is 17.6. The zero-order valence-corrected chi connectivity index (χ0v) is 14.2. The number of carbonyl (C=O) groups is 2. The van der Waals surface area contributed by atoms with Crippen molar-refractivity contribution in [2.45, 2.75) is 45.8 Å². The Balaban J connectivity index is 1.58. The summed E-state index contributed by atoms with van der Waals surface area (Å²) in [5, 5.41) is 11.4. The number of rotatable bonds is 7. The van der Waals surface area contributed by atoms with Crippen molar-refractivity contribution >= 4 is 17.6 Å². The maximum absolute atomic E-state index is 12.2. The molecule has 0 unspecified atom stereocenters. The fourth-order valence-corrected chi connectivity index (χ4v) is 2.72. The molecule has 8 heteroatoms. The molecule has 1 aromatic heterocycles. The van der Waals surface area contributed by atoms with Gasteiger partial charge in [0.1, 0.15) is 0 Å². The third kappa shape index (κ3) is 4.01. The lowest BCUT2D eigenvalue weighted by atomic mass is 10.2. The number of tetrazole rings is 1. The van der Waals surface area contributed by atoms with Gasteiger partial charge in [-0.1, -0.05) is 13.3 Å². The lowest BCUT2D eigenvalue weighted by Gasteiger charge is -2.15. The van der Waals surface area contributed by atoms with Crippen LogP contribution in [0.2, 0.25) is 0 Å². The van der Waals surface area contributed by atoms with Gasteiger partial charge in [0, 0.05) is 25.2 Å². The van der Waals surface area contributed by atoms with Crippen molar-refractivity contribution in [2.24, 2.45) is 0 Å².